The van der Waals surface area contributed by atoms with Crippen LogP contribution in [0.5, 0.6) is 0 Å². The predicted octanol–water partition coefficient (Wildman–Crippen LogP) is 0.0784. The van der Waals surface area contributed by atoms with Crippen LogP contribution in [-0.2, 0) is 0 Å². The van der Waals surface area contributed by atoms with Crippen LogP contribution < -0.4 is 5.43 Å². The first-order chi connectivity index (χ1) is 3.97. The molecule has 0 saturated heterocycles. The largest absolute Gasteiger partial charge is 0.287 e. The number of hydrogen-bond acceptors (Lipinski definition) is 3. The summed E-state index contributed by atoms with van der Waals surface area (Å²) in [6.45, 7) is 0. The fourth-order valence-corrected chi connectivity index (χ4v) is 0.957. The van der Waals surface area contributed by atoms with Crippen LogP contribution in [0.1, 0.15) is 6.42 Å². The van der Waals surface area contributed by atoms with E-state index in [0.29, 0.717) is 6.17 Å². The number of nitrogens with zero attached hydrogens (tertiary/aromatic N) is 2. The molecule has 3 heteroatoms. The van der Waals surface area contributed by atoms with Crippen LogP contribution in [0.3, 0.4) is 0 Å². The van der Waals surface area contributed by atoms with E-state index in [9.17, 15) is 0 Å². The van der Waals surface area contributed by atoms with Crippen molar-refractivity contribution in [1.29, 1.82) is 0 Å². The lowest BCUT2D eigenvalue weighted by Crippen LogP contribution is -2.29. The minimum absolute atomic E-state index is 0.356. The molecule has 0 saturated carbocycles. The Labute approximate surface area is 47.7 Å². The zero-order valence-electron chi connectivity index (χ0n) is 4.41. The number of hydrazine groups is 1. The monoisotopic (exact) mass is 109 g/mol. The lowest BCUT2D eigenvalue weighted by atomic mass is 10.4. The number of fused-ring (bicyclic) bond motifs is 1. The summed E-state index contributed by atoms with van der Waals surface area (Å²) in [6, 6.07) is 0. The maximum atomic E-state index is 4.12. The van der Waals surface area contributed by atoms with E-state index in [2.05, 4.69) is 16.5 Å². The van der Waals surface area contributed by atoms with Gasteiger partial charge in [-0.15, -0.1) is 0 Å². The first-order valence-electron chi connectivity index (χ1n) is 2.69. The highest BCUT2D eigenvalue weighted by Crippen LogP contribution is 2.14. The van der Waals surface area contributed by atoms with E-state index in [4.69, 9.17) is 0 Å². The fourth-order valence-electron chi connectivity index (χ4n) is 0.957. The molecule has 0 aromatic carbocycles. The van der Waals surface area contributed by atoms with Gasteiger partial charge >= 0.3 is 0 Å². The molecular formula is C5H7N3. The normalized spacial score (nSPS) is 31.0. The van der Waals surface area contributed by atoms with Gasteiger partial charge in [0, 0.05) is 12.6 Å². The van der Waals surface area contributed by atoms with Crippen molar-refractivity contribution in [1.82, 2.24) is 10.4 Å². The van der Waals surface area contributed by atoms with Crippen molar-refractivity contribution < 1.29 is 0 Å². The topological polar surface area (TPSA) is 27.6 Å². The van der Waals surface area contributed by atoms with Gasteiger partial charge in [0.15, 0.2) is 0 Å². The standard InChI is InChI=1S/C5H7N3/c1-2-5-6-4-7-8(5)3-1/h1,3-5H,2H2,(H,6,7). The van der Waals surface area contributed by atoms with E-state index < -0.39 is 0 Å². The molecule has 0 fully saturated rings. The Hall–Kier alpha value is -0.990. The van der Waals surface area contributed by atoms with E-state index in [1.807, 2.05) is 11.2 Å². The van der Waals surface area contributed by atoms with Crippen molar-refractivity contribution in [2.75, 3.05) is 0 Å². The summed E-state index contributed by atoms with van der Waals surface area (Å²) >= 11 is 0. The molecule has 0 aliphatic carbocycles. The fraction of sp³-hybridized carbons (Fsp3) is 0.400. The third-order valence-corrected chi connectivity index (χ3v) is 1.39. The average molecular weight is 109 g/mol. The van der Waals surface area contributed by atoms with Gasteiger partial charge in [-0.25, -0.2) is 4.99 Å². The number of aliphatic imine (C=N–C) groups is 1. The minimum atomic E-state index is 0.356. The second-order valence-electron chi connectivity index (χ2n) is 1.92. The van der Waals surface area contributed by atoms with Crippen LogP contribution in [0.2, 0.25) is 0 Å². The molecule has 42 valence electrons. The molecule has 0 radical (unpaired) electrons. The first-order valence-corrected chi connectivity index (χ1v) is 2.69. The Morgan fingerprint density at radius 3 is 3.62 bits per heavy atom. The van der Waals surface area contributed by atoms with Gasteiger partial charge in [-0.05, 0) is 0 Å². The van der Waals surface area contributed by atoms with Crippen LogP contribution in [0.25, 0.3) is 0 Å². The van der Waals surface area contributed by atoms with Crippen molar-refractivity contribution in [2.24, 2.45) is 4.99 Å². The second-order valence-corrected chi connectivity index (χ2v) is 1.92. The van der Waals surface area contributed by atoms with Gasteiger partial charge in [0.2, 0.25) is 0 Å². The molecule has 8 heavy (non-hydrogen) atoms. The Balaban J connectivity index is 2.20. The van der Waals surface area contributed by atoms with Crippen molar-refractivity contribution >= 4 is 6.34 Å². The molecule has 0 spiro atoms. The number of hydrogen-bond donors (Lipinski definition) is 1. The lowest BCUT2D eigenvalue weighted by Gasteiger charge is -2.12. The van der Waals surface area contributed by atoms with Crippen LogP contribution in [0, 0.1) is 0 Å². The third-order valence-electron chi connectivity index (χ3n) is 1.39. The predicted molar refractivity (Wildman–Crippen MR) is 31.0 cm³/mol. The molecule has 2 aliphatic rings. The van der Waals surface area contributed by atoms with E-state index in [1.165, 1.54) is 0 Å². The summed E-state index contributed by atoms with van der Waals surface area (Å²) in [4.78, 5) is 4.12. The van der Waals surface area contributed by atoms with Crippen molar-refractivity contribution in [3.8, 4) is 0 Å². The second kappa shape index (κ2) is 1.24. The molecule has 0 aromatic rings. The van der Waals surface area contributed by atoms with Crippen LogP contribution in [-0.4, -0.2) is 17.5 Å². The maximum absolute atomic E-state index is 4.12. The van der Waals surface area contributed by atoms with Crippen LogP contribution in [0.15, 0.2) is 17.3 Å². The molecule has 1 unspecified atom stereocenters. The van der Waals surface area contributed by atoms with Crippen molar-refractivity contribution in [2.45, 2.75) is 12.6 Å². The maximum Gasteiger partial charge on any atom is 0.144 e. The smallest absolute Gasteiger partial charge is 0.144 e. The van der Waals surface area contributed by atoms with Gasteiger partial charge in [0.1, 0.15) is 12.5 Å². The minimum Gasteiger partial charge on any atom is -0.287 e. The number of rotatable bonds is 0. The summed E-state index contributed by atoms with van der Waals surface area (Å²) in [7, 11) is 0. The summed E-state index contributed by atoms with van der Waals surface area (Å²) < 4.78 is 0. The van der Waals surface area contributed by atoms with Gasteiger partial charge in [-0.3, -0.25) is 10.4 Å². The third kappa shape index (κ3) is 0.358. The lowest BCUT2D eigenvalue weighted by molar-refractivity contribution is 0.302. The average Bonchev–Trinajstić information content (AvgIpc) is 2.15. The van der Waals surface area contributed by atoms with Crippen molar-refractivity contribution in [3.05, 3.63) is 12.3 Å². The van der Waals surface area contributed by atoms with E-state index in [1.54, 1.807) is 6.34 Å². The Morgan fingerprint density at radius 2 is 2.75 bits per heavy atom. The molecule has 0 amide bonds. The van der Waals surface area contributed by atoms with Crippen LogP contribution in [0.4, 0.5) is 0 Å². The van der Waals surface area contributed by atoms with Gasteiger partial charge in [0.25, 0.3) is 0 Å². The van der Waals surface area contributed by atoms with E-state index >= 15 is 0 Å². The molecule has 1 atom stereocenters. The Kier molecular flexibility index (Phi) is 0.614. The van der Waals surface area contributed by atoms with Gasteiger partial charge in [-0.1, -0.05) is 6.08 Å². The zero-order chi connectivity index (χ0) is 5.40. The molecule has 2 rings (SSSR count). The summed E-state index contributed by atoms with van der Waals surface area (Å²) in [5.41, 5.74) is 2.97. The highest BCUT2D eigenvalue weighted by molar-refractivity contribution is 5.56. The van der Waals surface area contributed by atoms with Gasteiger partial charge < -0.3 is 0 Å². The molecule has 2 heterocycles. The zero-order valence-corrected chi connectivity index (χ0v) is 4.41. The SMILES string of the molecule is C1=CN2NC=NC2C1. The summed E-state index contributed by atoms with van der Waals surface area (Å²) in [6.07, 6.45) is 7.25. The molecule has 0 aromatic heterocycles. The first kappa shape index (κ1) is 3.95. The summed E-state index contributed by atoms with van der Waals surface area (Å²) in [5, 5.41) is 1.99. The van der Waals surface area contributed by atoms with Gasteiger partial charge in [0.05, 0.1) is 0 Å². The van der Waals surface area contributed by atoms with Crippen LogP contribution >= 0.6 is 0 Å². The quantitative estimate of drug-likeness (QED) is 0.477. The number of nitrogens with one attached hydrogen (secondary N) is 1. The highest BCUT2D eigenvalue weighted by atomic mass is 15.6. The van der Waals surface area contributed by atoms with Crippen molar-refractivity contribution in [3.63, 3.8) is 0 Å². The Bertz CT molecular complexity index is 132. The molecular weight excluding hydrogens is 102 g/mol. The van der Waals surface area contributed by atoms with E-state index in [-0.39, 0.29) is 0 Å². The molecule has 1 N–H and O–H groups in total. The summed E-state index contributed by atoms with van der Waals surface area (Å²) in [5.74, 6) is 0. The Morgan fingerprint density at radius 1 is 1.75 bits per heavy atom. The highest BCUT2D eigenvalue weighted by Gasteiger charge is 2.19. The molecule has 3 nitrogen and oxygen atoms in total. The molecule has 0 bridgehead atoms. The molecule has 2 aliphatic heterocycles. The van der Waals surface area contributed by atoms with Gasteiger partial charge in [-0.2, -0.15) is 0 Å². The van der Waals surface area contributed by atoms with E-state index in [0.717, 1.165) is 6.42 Å².